The summed E-state index contributed by atoms with van der Waals surface area (Å²) in [7, 11) is 0. The van der Waals surface area contributed by atoms with Crippen LogP contribution in [-0.2, 0) is 0 Å². The van der Waals surface area contributed by atoms with Crippen molar-refractivity contribution in [1.82, 2.24) is 10.3 Å². The lowest BCUT2D eigenvalue weighted by Crippen LogP contribution is -2.34. The minimum absolute atomic E-state index is 0.0171. The Balaban J connectivity index is 1.70. The van der Waals surface area contributed by atoms with Crippen molar-refractivity contribution in [2.75, 3.05) is 17.2 Å². The van der Waals surface area contributed by atoms with Gasteiger partial charge < -0.3 is 15.4 Å². The Bertz CT molecular complexity index is 1030. The molecule has 2 aromatic carbocycles. The minimum Gasteiger partial charge on any atom is -0.493 e. The molecule has 30 heavy (non-hydrogen) atoms. The molecule has 1 heterocycles. The molecule has 3 rings (SSSR count). The molecule has 0 unspecified atom stereocenters. The first-order chi connectivity index (χ1) is 14.5. The molecule has 0 atom stereocenters. The standard InChI is InChI=1S/C22H24N4O3S/c1-4-29-19-11-6-5-10-17(19)18-13-30-22(25-18)26-20(27)15-8-7-9-16(12-15)24-21(28)23-14(2)3/h5-14H,4H2,1-3H3,(H2,23,24,28)(H,25,26,27). The maximum Gasteiger partial charge on any atom is 0.319 e. The highest BCUT2D eigenvalue weighted by Crippen LogP contribution is 2.32. The maximum atomic E-state index is 12.6. The van der Waals surface area contributed by atoms with Gasteiger partial charge in [-0.15, -0.1) is 11.3 Å². The number of carbonyl (C=O) groups is 2. The second-order valence-electron chi connectivity index (χ2n) is 6.76. The van der Waals surface area contributed by atoms with Gasteiger partial charge in [-0.05, 0) is 51.1 Å². The molecule has 0 radical (unpaired) electrons. The lowest BCUT2D eigenvalue weighted by atomic mass is 10.1. The third kappa shape index (κ3) is 5.57. The van der Waals surface area contributed by atoms with Gasteiger partial charge in [-0.2, -0.15) is 0 Å². The number of nitrogens with zero attached hydrogens (tertiary/aromatic N) is 1. The van der Waals surface area contributed by atoms with E-state index >= 15 is 0 Å². The number of aromatic nitrogens is 1. The number of nitrogens with one attached hydrogen (secondary N) is 3. The van der Waals surface area contributed by atoms with Crippen LogP contribution in [0.25, 0.3) is 11.3 Å². The second kappa shape index (κ2) is 9.89. The topological polar surface area (TPSA) is 92.4 Å². The average molecular weight is 425 g/mol. The van der Waals surface area contributed by atoms with Crippen LogP contribution in [0.1, 0.15) is 31.1 Å². The fourth-order valence-electron chi connectivity index (χ4n) is 2.75. The van der Waals surface area contributed by atoms with Crippen LogP contribution in [0.15, 0.2) is 53.9 Å². The zero-order valence-electron chi connectivity index (χ0n) is 17.1. The van der Waals surface area contributed by atoms with Crippen LogP contribution in [0.3, 0.4) is 0 Å². The first-order valence-electron chi connectivity index (χ1n) is 9.63. The Labute approximate surface area is 179 Å². The van der Waals surface area contributed by atoms with Crippen LogP contribution < -0.4 is 20.7 Å². The van der Waals surface area contributed by atoms with Gasteiger partial charge in [0, 0.05) is 28.2 Å². The molecule has 0 bridgehead atoms. The van der Waals surface area contributed by atoms with E-state index in [1.165, 1.54) is 11.3 Å². The van der Waals surface area contributed by atoms with Gasteiger partial charge in [0.1, 0.15) is 5.75 Å². The highest BCUT2D eigenvalue weighted by atomic mass is 32.1. The van der Waals surface area contributed by atoms with Gasteiger partial charge in [0.15, 0.2) is 5.13 Å². The number of thiazole rings is 1. The van der Waals surface area contributed by atoms with Crippen molar-refractivity contribution in [2.24, 2.45) is 0 Å². The lowest BCUT2D eigenvalue weighted by molar-refractivity contribution is 0.102. The zero-order chi connectivity index (χ0) is 21.5. The van der Waals surface area contributed by atoms with Crippen molar-refractivity contribution in [2.45, 2.75) is 26.8 Å². The summed E-state index contributed by atoms with van der Waals surface area (Å²) >= 11 is 1.34. The van der Waals surface area contributed by atoms with Gasteiger partial charge in [-0.25, -0.2) is 9.78 Å². The van der Waals surface area contributed by atoms with E-state index in [1.54, 1.807) is 24.3 Å². The molecule has 3 N–H and O–H groups in total. The summed E-state index contributed by atoms with van der Waals surface area (Å²) in [5.41, 5.74) is 2.56. The van der Waals surface area contributed by atoms with Crippen LogP contribution in [0, 0.1) is 0 Å². The van der Waals surface area contributed by atoms with Crippen LogP contribution in [0.5, 0.6) is 5.75 Å². The summed E-state index contributed by atoms with van der Waals surface area (Å²) in [5, 5.41) is 10.6. The molecule has 0 aliphatic carbocycles. The third-order valence-electron chi connectivity index (χ3n) is 3.99. The number of anilines is 2. The van der Waals surface area contributed by atoms with Crippen LogP contribution in [-0.4, -0.2) is 29.6 Å². The first-order valence-corrected chi connectivity index (χ1v) is 10.5. The average Bonchev–Trinajstić information content (AvgIpc) is 3.16. The summed E-state index contributed by atoms with van der Waals surface area (Å²) in [6, 6.07) is 14.1. The molecule has 0 spiro atoms. The van der Waals surface area contributed by atoms with Gasteiger partial charge in [0.25, 0.3) is 5.91 Å². The smallest absolute Gasteiger partial charge is 0.319 e. The number of ether oxygens (including phenoxy) is 1. The van der Waals surface area contributed by atoms with Gasteiger partial charge in [0.05, 0.1) is 12.3 Å². The van der Waals surface area contributed by atoms with Gasteiger partial charge in [-0.3, -0.25) is 10.1 Å². The van der Waals surface area contributed by atoms with Crippen molar-refractivity contribution >= 4 is 34.1 Å². The van der Waals surface area contributed by atoms with E-state index in [9.17, 15) is 9.59 Å². The molecule has 0 saturated heterocycles. The molecule has 1 aromatic heterocycles. The number of hydrogen-bond donors (Lipinski definition) is 3. The van der Waals surface area contributed by atoms with E-state index in [0.29, 0.717) is 23.0 Å². The third-order valence-corrected chi connectivity index (χ3v) is 4.75. The van der Waals surface area contributed by atoms with Crippen molar-refractivity contribution < 1.29 is 14.3 Å². The number of benzene rings is 2. The van der Waals surface area contributed by atoms with Crippen LogP contribution >= 0.6 is 11.3 Å². The van der Waals surface area contributed by atoms with Crippen molar-refractivity contribution in [3.63, 3.8) is 0 Å². The Morgan fingerprint density at radius 2 is 1.90 bits per heavy atom. The normalized spacial score (nSPS) is 10.5. The van der Waals surface area contributed by atoms with Gasteiger partial charge in [-0.1, -0.05) is 18.2 Å². The van der Waals surface area contributed by atoms with Crippen molar-refractivity contribution in [3.05, 3.63) is 59.5 Å². The monoisotopic (exact) mass is 424 g/mol. The number of rotatable bonds is 7. The number of para-hydroxylation sites is 1. The molecule has 8 heteroatoms. The second-order valence-corrected chi connectivity index (χ2v) is 7.61. The van der Waals surface area contributed by atoms with E-state index in [2.05, 4.69) is 20.9 Å². The molecule has 3 amide bonds. The Morgan fingerprint density at radius 1 is 1.10 bits per heavy atom. The number of amides is 3. The molecule has 156 valence electrons. The summed E-state index contributed by atoms with van der Waals surface area (Å²) in [6.07, 6.45) is 0. The summed E-state index contributed by atoms with van der Waals surface area (Å²) < 4.78 is 5.66. The highest BCUT2D eigenvalue weighted by molar-refractivity contribution is 7.14. The predicted molar refractivity (Wildman–Crippen MR) is 120 cm³/mol. The summed E-state index contributed by atoms with van der Waals surface area (Å²) in [6.45, 7) is 6.24. The minimum atomic E-state index is -0.319. The van der Waals surface area contributed by atoms with Gasteiger partial charge >= 0.3 is 6.03 Å². The van der Waals surface area contributed by atoms with Gasteiger partial charge in [0.2, 0.25) is 0 Å². The fraction of sp³-hybridized carbons (Fsp3) is 0.227. The lowest BCUT2D eigenvalue weighted by Gasteiger charge is -2.11. The predicted octanol–water partition coefficient (Wildman–Crippen LogP) is 4.99. The van der Waals surface area contributed by atoms with E-state index < -0.39 is 0 Å². The molecule has 0 saturated carbocycles. The number of hydrogen-bond acceptors (Lipinski definition) is 5. The Hall–Kier alpha value is -3.39. The first kappa shape index (κ1) is 21.3. The van der Waals surface area contributed by atoms with E-state index in [0.717, 1.165) is 17.0 Å². The van der Waals surface area contributed by atoms with Crippen molar-refractivity contribution in [3.8, 4) is 17.0 Å². The summed E-state index contributed by atoms with van der Waals surface area (Å²) in [4.78, 5) is 29.0. The highest BCUT2D eigenvalue weighted by Gasteiger charge is 2.13. The molecule has 0 fully saturated rings. The maximum absolute atomic E-state index is 12.6. The largest absolute Gasteiger partial charge is 0.493 e. The van der Waals surface area contributed by atoms with Crippen LogP contribution in [0.2, 0.25) is 0 Å². The molecule has 7 nitrogen and oxygen atoms in total. The molecular formula is C22H24N4O3S. The van der Waals surface area contributed by atoms with E-state index in [-0.39, 0.29) is 18.0 Å². The summed E-state index contributed by atoms with van der Waals surface area (Å²) in [5.74, 6) is 0.448. The fourth-order valence-corrected chi connectivity index (χ4v) is 3.46. The Morgan fingerprint density at radius 3 is 2.67 bits per heavy atom. The molecular weight excluding hydrogens is 400 g/mol. The quantitative estimate of drug-likeness (QED) is 0.498. The van der Waals surface area contributed by atoms with Crippen molar-refractivity contribution in [1.29, 1.82) is 0 Å². The molecule has 0 aliphatic rings. The molecule has 0 aliphatic heterocycles. The SMILES string of the molecule is CCOc1ccccc1-c1csc(NC(=O)c2cccc(NC(=O)NC(C)C)c2)n1. The number of urea groups is 1. The zero-order valence-corrected chi connectivity index (χ0v) is 17.9. The molecule has 3 aromatic rings. The Kier molecular flexibility index (Phi) is 7.03. The number of carbonyl (C=O) groups excluding carboxylic acids is 2. The van der Waals surface area contributed by atoms with Crippen LogP contribution in [0.4, 0.5) is 15.6 Å². The van der Waals surface area contributed by atoms with E-state index in [4.69, 9.17) is 4.74 Å². The van der Waals surface area contributed by atoms with E-state index in [1.807, 2.05) is 50.4 Å².